The molecule has 0 spiro atoms. The Kier molecular flexibility index (Phi) is 5.59. The van der Waals surface area contributed by atoms with Gasteiger partial charge in [0, 0.05) is 18.0 Å². The second-order valence-corrected chi connectivity index (χ2v) is 4.32. The van der Waals surface area contributed by atoms with Crippen molar-refractivity contribution in [3.8, 4) is 11.5 Å². The van der Waals surface area contributed by atoms with E-state index in [1.54, 1.807) is 42.6 Å². The number of benzene rings is 1. The summed E-state index contributed by atoms with van der Waals surface area (Å²) >= 11 is 0. The van der Waals surface area contributed by atoms with Crippen LogP contribution in [-0.2, 0) is 0 Å². The molecule has 0 bridgehead atoms. The van der Waals surface area contributed by atoms with Crippen molar-refractivity contribution in [2.24, 2.45) is 0 Å². The van der Waals surface area contributed by atoms with Crippen LogP contribution in [0.1, 0.15) is 13.8 Å². The van der Waals surface area contributed by atoms with Crippen molar-refractivity contribution in [3.05, 3.63) is 42.6 Å². The largest absolute Gasteiger partial charge is 0.490 e. The summed E-state index contributed by atoms with van der Waals surface area (Å²) in [5.74, 6) is 1.73. The Morgan fingerprint density at radius 2 is 1.82 bits per heavy atom. The highest BCUT2D eigenvalue weighted by Crippen LogP contribution is 2.30. The summed E-state index contributed by atoms with van der Waals surface area (Å²) in [6, 6.07) is 10.2. The van der Waals surface area contributed by atoms with E-state index in [1.165, 1.54) is 0 Å². The molecule has 0 atom stereocenters. The van der Waals surface area contributed by atoms with Crippen LogP contribution in [0.2, 0.25) is 0 Å². The quantitative estimate of drug-likeness (QED) is 0.856. The molecule has 116 valence electrons. The number of carbonyl (C=O) groups excluding carboxylic acids is 1. The molecule has 1 aromatic heterocycles. The van der Waals surface area contributed by atoms with E-state index < -0.39 is 0 Å². The van der Waals surface area contributed by atoms with Gasteiger partial charge in [0.1, 0.15) is 5.82 Å². The molecule has 0 radical (unpaired) electrons. The lowest BCUT2D eigenvalue weighted by Gasteiger charge is -2.13. The predicted octanol–water partition coefficient (Wildman–Crippen LogP) is 3.52. The fraction of sp³-hybridized carbons (Fsp3) is 0.250. The fourth-order valence-electron chi connectivity index (χ4n) is 1.84. The van der Waals surface area contributed by atoms with Gasteiger partial charge < -0.3 is 14.8 Å². The summed E-state index contributed by atoms with van der Waals surface area (Å²) in [6.07, 6.45) is 1.61. The number of pyridine rings is 1. The molecule has 6 heteroatoms. The summed E-state index contributed by atoms with van der Waals surface area (Å²) in [6.45, 7) is 4.86. The Labute approximate surface area is 129 Å². The Balaban J connectivity index is 2.05. The van der Waals surface area contributed by atoms with E-state index in [0.717, 1.165) is 0 Å². The van der Waals surface area contributed by atoms with Crippen LogP contribution in [0.4, 0.5) is 16.3 Å². The minimum atomic E-state index is -0.370. The number of nitrogens with one attached hydrogen (secondary N) is 2. The maximum Gasteiger partial charge on any atom is 0.324 e. The van der Waals surface area contributed by atoms with Crippen molar-refractivity contribution in [1.82, 2.24) is 4.98 Å². The number of anilines is 2. The molecule has 0 fully saturated rings. The first-order valence-corrected chi connectivity index (χ1v) is 7.11. The van der Waals surface area contributed by atoms with E-state index in [9.17, 15) is 4.79 Å². The zero-order chi connectivity index (χ0) is 15.8. The lowest BCUT2D eigenvalue weighted by molar-refractivity contribution is 0.262. The third-order valence-corrected chi connectivity index (χ3v) is 2.71. The molecule has 2 N–H and O–H groups in total. The van der Waals surface area contributed by atoms with Crippen LogP contribution in [0.3, 0.4) is 0 Å². The van der Waals surface area contributed by atoms with Gasteiger partial charge in [-0.25, -0.2) is 9.78 Å². The van der Waals surface area contributed by atoms with Crippen molar-refractivity contribution < 1.29 is 14.3 Å². The van der Waals surface area contributed by atoms with Crippen LogP contribution in [0.5, 0.6) is 11.5 Å². The number of amides is 2. The summed E-state index contributed by atoms with van der Waals surface area (Å²) in [5, 5.41) is 5.38. The van der Waals surface area contributed by atoms with Gasteiger partial charge in [0.2, 0.25) is 0 Å². The van der Waals surface area contributed by atoms with E-state index in [4.69, 9.17) is 9.47 Å². The highest BCUT2D eigenvalue weighted by atomic mass is 16.5. The standard InChI is InChI=1S/C16H19N3O3/c1-3-21-13-9-8-12(11-14(13)22-4-2)18-16(20)19-15-7-5-6-10-17-15/h5-11H,3-4H2,1-2H3,(H2,17,18,19,20). The molecule has 22 heavy (non-hydrogen) atoms. The molecule has 0 saturated carbocycles. The number of urea groups is 1. The van der Waals surface area contributed by atoms with E-state index in [2.05, 4.69) is 15.6 Å². The Morgan fingerprint density at radius 1 is 1.05 bits per heavy atom. The van der Waals surface area contributed by atoms with Gasteiger partial charge in [-0.05, 0) is 38.1 Å². The first kappa shape index (κ1) is 15.6. The first-order valence-electron chi connectivity index (χ1n) is 7.11. The molecule has 6 nitrogen and oxygen atoms in total. The summed E-state index contributed by atoms with van der Waals surface area (Å²) < 4.78 is 11.0. The highest BCUT2D eigenvalue weighted by Gasteiger charge is 2.08. The monoisotopic (exact) mass is 301 g/mol. The van der Waals surface area contributed by atoms with Gasteiger partial charge in [0.25, 0.3) is 0 Å². The average molecular weight is 301 g/mol. The van der Waals surface area contributed by atoms with E-state index >= 15 is 0 Å². The van der Waals surface area contributed by atoms with Crippen molar-refractivity contribution in [1.29, 1.82) is 0 Å². The van der Waals surface area contributed by atoms with Gasteiger partial charge in [0.05, 0.1) is 13.2 Å². The van der Waals surface area contributed by atoms with E-state index in [-0.39, 0.29) is 6.03 Å². The number of carbonyl (C=O) groups is 1. The second-order valence-electron chi connectivity index (χ2n) is 4.32. The summed E-state index contributed by atoms with van der Waals surface area (Å²) in [4.78, 5) is 16.0. The molecule has 1 aromatic carbocycles. The summed E-state index contributed by atoms with van der Waals surface area (Å²) in [5.41, 5.74) is 0.611. The molecule has 0 aliphatic carbocycles. The van der Waals surface area contributed by atoms with Crippen LogP contribution in [0.25, 0.3) is 0 Å². The lowest BCUT2D eigenvalue weighted by atomic mass is 10.2. The van der Waals surface area contributed by atoms with Gasteiger partial charge in [-0.3, -0.25) is 5.32 Å². The number of aromatic nitrogens is 1. The molecular weight excluding hydrogens is 282 g/mol. The van der Waals surface area contributed by atoms with Crippen molar-refractivity contribution >= 4 is 17.5 Å². The van der Waals surface area contributed by atoms with Crippen LogP contribution in [-0.4, -0.2) is 24.2 Å². The Morgan fingerprint density at radius 3 is 2.50 bits per heavy atom. The third kappa shape index (κ3) is 4.37. The maximum atomic E-state index is 11.9. The van der Waals surface area contributed by atoms with Crippen LogP contribution in [0.15, 0.2) is 42.6 Å². The molecule has 0 unspecified atom stereocenters. The minimum absolute atomic E-state index is 0.370. The Bertz CT molecular complexity index is 617. The SMILES string of the molecule is CCOc1ccc(NC(=O)Nc2ccccn2)cc1OCC. The minimum Gasteiger partial charge on any atom is -0.490 e. The van der Waals surface area contributed by atoms with Gasteiger partial charge in [0.15, 0.2) is 11.5 Å². The maximum absolute atomic E-state index is 11.9. The summed E-state index contributed by atoms with van der Waals surface area (Å²) in [7, 11) is 0. The first-order chi connectivity index (χ1) is 10.7. The van der Waals surface area contributed by atoms with E-state index in [1.807, 2.05) is 13.8 Å². The topological polar surface area (TPSA) is 72.5 Å². The zero-order valence-electron chi connectivity index (χ0n) is 12.6. The Hall–Kier alpha value is -2.76. The number of ether oxygens (including phenoxy) is 2. The number of hydrogen-bond donors (Lipinski definition) is 2. The molecule has 1 heterocycles. The third-order valence-electron chi connectivity index (χ3n) is 2.71. The van der Waals surface area contributed by atoms with Gasteiger partial charge in [-0.15, -0.1) is 0 Å². The van der Waals surface area contributed by atoms with Crippen molar-refractivity contribution in [2.45, 2.75) is 13.8 Å². The fourth-order valence-corrected chi connectivity index (χ4v) is 1.84. The number of rotatable bonds is 6. The molecule has 0 saturated heterocycles. The second kappa shape index (κ2) is 7.87. The van der Waals surface area contributed by atoms with Crippen LogP contribution >= 0.6 is 0 Å². The van der Waals surface area contributed by atoms with Gasteiger partial charge in [-0.1, -0.05) is 6.07 Å². The normalized spacial score (nSPS) is 9.91. The molecule has 0 aliphatic rings. The van der Waals surface area contributed by atoms with Crippen LogP contribution < -0.4 is 20.1 Å². The van der Waals surface area contributed by atoms with Gasteiger partial charge in [-0.2, -0.15) is 0 Å². The van der Waals surface area contributed by atoms with Crippen molar-refractivity contribution in [3.63, 3.8) is 0 Å². The van der Waals surface area contributed by atoms with Crippen molar-refractivity contribution in [2.75, 3.05) is 23.8 Å². The highest BCUT2D eigenvalue weighted by molar-refractivity contribution is 5.99. The zero-order valence-corrected chi connectivity index (χ0v) is 12.6. The molecule has 2 amide bonds. The number of nitrogens with zero attached hydrogens (tertiary/aromatic N) is 1. The van der Waals surface area contributed by atoms with Crippen LogP contribution in [0, 0.1) is 0 Å². The predicted molar refractivity (Wildman–Crippen MR) is 85.7 cm³/mol. The molecule has 2 aromatic rings. The van der Waals surface area contributed by atoms with Gasteiger partial charge >= 0.3 is 6.03 Å². The molecule has 0 aliphatic heterocycles. The average Bonchev–Trinajstić information content (AvgIpc) is 2.51. The molecular formula is C16H19N3O3. The number of hydrogen-bond acceptors (Lipinski definition) is 4. The molecule has 2 rings (SSSR count). The lowest BCUT2D eigenvalue weighted by Crippen LogP contribution is -2.20. The smallest absolute Gasteiger partial charge is 0.324 e. The van der Waals surface area contributed by atoms with E-state index in [0.29, 0.717) is 36.2 Å².